The summed E-state index contributed by atoms with van der Waals surface area (Å²) in [5, 5.41) is 10.0. The Kier molecular flexibility index (Phi) is 5.26. The second-order valence-electron chi connectivity index (χ2n) is 2.00. The van der Waals surface area contributed by atoms with Gasteiger partial charge in [-0.1, -0.05) is 24.3 Å². The Morgan fingerprint density at radius 1 is 1.42 bits per heavy atom. The van der Waals surface area contributed by atoms with Crippen LogP contribution in [0.15, 0.2) is 43.0 Å². The second kappa shape index (κ2) is 6.09. The zero-order chi connectivity index (χ0) is 9.40. The average Bonchev–Trinajstić information content (AvgIpc) is 2.07. The molecular formula is C9H11NO2. The minimum atomic E-state index is -0.417. The van der Waals surface area contributed by atoms with Crippen LogP contribution in [0, 0.1) is 10.1 Å². The van der Waals surface area contributed by atoms with Crippen molar-refractivity contribution in [1.82, 2.24) is 0 Å². The molecule has 0 N–H and O–H groups in total. The van der Waals surface area contributed by atoms with Gasteiger partial charge in [-0.2, -0.15) is 0 Å². The van der Waals surface area contributed by atoms with Crippen LogP contribution < -0.4 is 0 Å². The lowest BCUT2D eigenvalue weighted by Crippen LogP contribution is -1.84. The molecule has 1 rings (SSSR count). The Balaban J connectivity index is 0.000000354. The first-order chi connectivity index (χ1) is 5.72. The molecule has 0 bridgehead atoms. The monoisotopic (exact) mass is 165 g/mol. The Hall–Kier alpha value is -1.64. The molecule has 0 aliphatic rings. The van der Waals surface area contributed by atoms with E-state index in [1.807, 2.05) is 6.92 Å². The lowest BCUT2D eigenvalue weighted by atomic mass is 10.3. The SMILES string of the molecule is C=CC.O=[N+]([O-])c1ccccc1. The molecule has 0 saturated carbocycles. The van der Waals surface area contributed by atoms with Crippen molar-refractivity contribution in [3.8, 4) is 0 Å². The van der Waals surface area contributed by atoms with E-state index in [9.17, 15) is 10.1 Å². The third kappa shape index (κ3) is 4.22. The van der Waals surface area contributed by atoms with Crippen LogP contribution in [0.3, 0.4) is 0 Å². The van der Waals surface area contributed by atoms with Crippen LogP contribution in [0.4, 0.5) is 5.69 Å². The molecule has 1 aromatic carbocycles. The molecule has 0 aliphatic carbocycles. The van der Waals surface area contributed by atoms with E-state index in [1.54, 1.807) is 24.3 Å². The topological polar surface area (TPSA) is 43.1 Å². The lowest BCUT2D eigenvalue weighted by Gasteiger charge is -1.85. The van der Waals surface area contributed by atoms with Gasteiger partial charge in [-0.15, -0.1) is 6.58 Å². The van der Waals surface area contributed by atoms with E-state index < -0.39 is 4.92 Å². The number of rotatable bonds is 1. The van der Waals surface area contributed by atoms with Gasteiger partial charge in [0.15, 0.2) is 0 Å². The zero-order valence-corrected chi connectivity index (χ0v) is 6.93. The van der Waals surface area contributed by atoms with E-state index in [4.69, 9.17) is 0 Å². The van der Waals surface area contributed by atoms with E-state index in [0.29, 0.717) is 0 Å². The van der Waals surface area contributed by atoms with Gasteiger partial charge in [0.2, 0.25) is 0 Å². The van der Waals surface area contributed by atoms with E-state index >= 15 is 0 Å². The van der Waals surface area contributed by atoms with Crippen molar-refractivity contribution in [1.29, 1.82) is 0 Å². The van der Waals surface area contributed by atoms with Crippen LogP contribution in [0.25, 0.3) is 0 Å². The van der Waals surface area contributed by atoms with Gasteiger partial charge in [-0.3, -0.25) is 10.1 Å². The van der Waals surface area contributed by atoms with E-state index in [0.717, 1.165) is 0 Å². The lowest BCUT2D eigenvalue weighted by molar-refractivity contribution is -0.384. The van der Waals surface area contributed by atoms with Crippen molar-refractivity contribution in [2.75, 3.05) is 0 Å². The van der Waals surface area contributed by atoms with Gasteiger partial charge >= 0.3 is 0 Å². The summed E-state index contributed by atoms with van der Waals surface area (Å²) in [7, 11) is 0. The molecule has 0 aliphatic heterocycles. The number of allylic oxidation sites excluding steroid dienone is 1. The number of benzene rings is 1. The Morgan fingerprint density at radius 3 is 2.08 bits per heavy atom. The minimum absolute atomic E-state index is 0.137. The maximum Gasteiger partial charge on any atom is 0.269 e. The maximum absolute atomic E-state index is 10.0. The van der Waals surface area contributed by atoms with Crippen molar-refractivity contribution in [3.05, 3.63) is 53.1 Å². The first-order valence-corrected chi connectivity index (χ1v) is 3.49. The summed E-state index contributed by atoms with van der Waals surface area (Å²) in [6, 6.07) is 7.93. The molecule has 3 heteroatoms. The van der Waals surface area contributed by atoms with Crippen LogP contribution in [0.1, 0.15) is 6.92 Å². The maximum atomic E-state index is 10.0. The van der Waals surface area contributed by atoms with Gasteiger partial charge in [0.05, 0.1) is 4.92 Å². The molecule has 0 spiro atoms. The highest BCUT2D eigenvalue weighted by Gasteiger charge is 1.98. The first kappa shape index (κ1) is 10.4. The Labute approximate surface area is 71.5 Å². The quantitative estimate of drug-likeness (QED) is 0.365. The Bertz CT molecular complexity index is 244. The standard InChI is InChI=1S/C6H5NO2.C3H6/c8-7(9)6-4-2-1-3-5-6;1-3-2/h1-5H;3H,1H2,2H3. The highest BCUT2D eigenvalue weighted by Crippen LogP contribution is 2.06. The molecule has 0 radical (unpaired) electrons. The smallest absolute Gasteiger partial charge is 0.258 e. The van der Waals surface area contributed by atoms with Crippen LogP contribution in [-0.2, 0) is 0 Å². The number of hydrogen-bond acceptors (Lipinski definition) is 2. The molecule has 0 saturated heterocycles. The molecule has 0 aromatic heterocycles. The van der Waals surface area contributed by atoms with Crippen LogP contribution in [0.5, 0.6) is 0 Å². The summed E-state index contributed by atoms with van der Waals surface area (Å²) in [4.78, 5) is 9.59. The fourth-order valence-corrected chi connectivity index (χ4v) is 0.550. The fourth-order valence-electron chi connectivity index (χ4n) is 0.550. The minimum Gasteiger partial charge on any atom is -0.258 e. The largest absolute Gasteiger partial charge is 0.269 e. The van der Waals surface area contributed by atoms with E-state index in [2.05, 4.69) is 6.58 Å². The molecule has 0 unspecified atom stereocenters. The molecule has 3 nitrogen and oxygen atoms in total. The third-order valence-electron chi connectivity index (χ3n) is 0.967. The summed E-state index contributed by atoms with van der Waals surface area (Å²) in [5.74, 6) is 0. The predicted octanol–water partition coefficient (Wildman–Crippen LogP) is 2.79. The molecule has 1 aromatic rings. The number of hydrogen-bond donors (Lipinski definition) is 0. The van der Waals surface area contributed by atoms with Crippen molar-refractivity contribution >= 4 is 5.69 Å². The van der Waals surface area contributed by atoms with Gasteiger partial charge in [-0.05, 0) is 6.92 Å². The van der Waals surface area contributed by atoms with Gasteiger partial charge in [0.1, 0.15) is 0 Å². The summed E-state index contributed by atoms with van der Waals surface area (Å²) in [5.41, 5.74) is 0.137. The molecule has 0 fully saturated rings. The molecular weight excluding hydrogens is 154 g/mol. The van der Waals surface area contributed by atoms with Gasteiger partial charge in [0, 0.05) is 12.1 Å². The Morgan fingerprint density at radius 2 is 1.83 bits per heavy atom. The molecule has 64 valence electrons. The molecule has 0 atom stereocenters. The van der Waals surface area contributed by atoms with Gasteiger partial charge < -0.3 is 0 Å². The van der Waals surface area contributed by atoms with Crippen molar-refractivity contribution in [2.45, 2.75) is 6.92 Å². The number of nitro benzene ring substituents is 1. The molecule has 0 heterocycles. The summed E-state index contributed by atoms with van der Waals surface area (Å²) >= 11 is 0. The zero-order valence-electron chi connectivity index (χ0n) is 6.93. The highest BCUT2D eigenvalue weighted by atomic mass is 16.6. The normalized spacial score (nSPS) is 7.75. The number of para-hydroxylation sites is 1. The number of nitro groups is 1. The van der Waals surface area contributed by atoms with Gasteiger partial charge in [-0.25, -0.2) is 0 Å². The van der Waals surface area contributed by atoms with Crippen molar-refractivity contribution < 1.29 is 4.92 Å². The number of nitrogens with zero attached hydrogens (tertiary/aromatic N) is 1. The average molecular weight is 165 g/mol. The highest BCUT2D eigenvalue weighted by molar-refractivity contribution is 5.27. The fraction of sp³-hybridized carbons (Fsp3) is 0.111. The molecule has 12 heavy (non-hydrogen) atoms. The molecule has 0 amide bonds. The third-order valence-corrected chi connectivity index (χ3v) is 0.967. The number of non-ortho nitro benzene ring substituents is 1. The van der Waals surface area contributed by atoms with Crippen molar-refractivity contribution in [2.24, 2.45) is 0 Å². The first-order valence-electron chi connectivity index (χ1n) is 3.49. The predicted molar refractivity (Wildman–Crippen MR) is 49.0 cm³/mol. The van der Waals surface area contributed by atoms with Crippen LogP contribution >= 0.6 is 0 Å². The second-order valence-corrected chi connectivity index (χ2v) is 2.00. The van der Waals surface area contributed by atoms with Crippen molar-refractivity contribution in [3.63, 3.8) is 0 Å². The van der Waals surface area contributed by atoms with E-state index in [1.165, 1.54) is 12.1 Å². The summed E-state index contributed by atoms with van der Waals surface area (Å²) < 4.78 is 0. The van der Waals surface area contributed by atoms with Gasteiger partial charge in [0.25, 0.3) is 5.69 Å². The van der Waals surface area contributed by atoms with E-state index in [-0.39, 0.29) is 5.69 Å². The summed E-state index contributed by atoms with van der Waals surface area (Å²) in [6.45, 7) is 5.25. The van der Waals surface area contributed by atoms with Crippen LogP contribution in [0.2, 0.25) is 0 Å². The summed E-state index contributed by atoms with van der Waals surface area (Å²) in [6.07, 6.45) is 1.75. The van der Waals surface area contributed by atoms with Crippen LogP contribution in [-0.4, -0.2) is 4.92 Å².